The molecule has 1 aromatic carbocycles. The quantitative estimate of drug-likeness (QED) is 0.876. The Balaban J connectivity index is 1.48. The van der Waals surface area contributed by atoms with Crippen molar-refractivity contribution in [2.24, 2.45) is 11.3 Å². The number of fused-ring (bicyclic) bond motifs is 2. The van der Waals surface area contributed by atoms with Crippen LogP contribution < -0.4 is 9.47 Å². The van der Waals surface area contributed by atoms with Gasteiger partial charge in [-0.3, -0.25) is 9.59 Å². The molecule has 0 aliphatic carbocycles. The van der Waals surface area contributed by atoms with Gasteiger partial charge in [-0.1, -0.05) is 6.07 Å². The number of carboxylic acids is 1. The van der Waals surface area contributed by atoms with Crippen LogP contribution in [0, 0.1) is 11.3 Å². The van der Waals surface area contributed by atoms with E-state index < -0.39 is 11.4 Å². The minimum Gasteiger partial charge on any atom is -0.486 e. The summed E-state index contributed by atoms with van der Waals surface area (Å²) in [5.41, 5.74) is -0.0227. The molecule has 3 aliphatic rings. The number of nitrogens with zero attached hydrogens (tertiary/aromatic N) is 1. The predicted molar refractivity (Wildman–Crippen MR) is 86.7 cm³/mol. The number of carbonyl (C=O) groups is 2. The maximum Gasteiger partial charge on any atom is 0.311 e. The first-order valence-electron chi connectivity index (χ1n) is 8.56. The lowest BCUT2D eigenvalue weighted by Gasteiger charge is -2.33. The van der Waals surface area contributed by atoms with Gasteiger partial charge in [0.2, 0.25) is 5.91 Å². The van der Waals surface area contributed by atoms with E-state index in [9.17, 15) is 14.7 Å². The van der Waals surface area contributed by atoms with Gasteiger partial charge in [0.1, 0.15) is 13.2 Å². The van der Waals surface area contributed by atoms with E-state index in [4.69, 9.17) is 14.2 Å². The lowest BCUT2D eigenvalue weighted by Crippen LogP contribution is -2.45. The number of amides is 1. The van der Waals surface area contributed by atoms with E-state index in [1.165, 1.54) is 0 Å². The minimum absolute atomic E-state index is 0.0632. The van der Waals surface area contributed by atoms with Gasteiger partial charge in [0, 0.05) is 25.6 Å². The standard InChI is InChI=1S/C18H21NO6/c20-16(8-12-1-2-14-15(7-12)25-6-5-24-14)19-9-13-10-23-4-3-18(13,11-19)17(21)22/h1-2,7,13H,3-6,8-11H2,(H,21,22)/t13-,18+/m0/s1. The highest BCUT2D eigenvalue weighted by Crippen LogP contribution is 2.42. The second kappa shape index (κ2) is 6.22. The Morgan fingerprint density at radius 1 is 1.20 bits per heavy atom. The summed E-state index contributed by atoms with van der Waals surface area (Å²) >= 11 is 0. The van der Waals surface area contributed by atoms with Crippen molar-refractivity contribution in [2.45, 2.75) is 12.8 Å². The second-order valence-corrected chi connectivity index (χ2v) is 6.91. The number of hydrogen-bond donors (Lipinski definition) is 1. The molecule has 3 aliphatic heterocycles. The zero-order valence-electron chi connectivity index (χ0n) is 13.9. The van der Waals surface area contributed by atoms with E-state index in [0.29, 0.717) is 50.9 Å². The van der Waals surface area contributed by atoms with Crippen LogP contribution in [-0.2, 0) is 20.7 Å². The van der Waals surface area contributed by atoms with Crippen molar-refractivity contribution in [3.05, 3.63) is 23.8 Å². The van der Waals surface area contributed by atoms with Crippen molar-refractivity contribution < 1.29 is 28.9 Å². The molecule has 134 valence electrons. The highest BCUT2D eigenvalue weighted by molar-refractivity contribution is 5.82. The Bertz CT molecular complexity index is 705. The molecule has 1 amide bonds. The second-order valence-electron chi connectivity index (χ2n) is 6.91. The normalized spacial score (nSPS) is 27.7. The summed E-state index contributed by atoms with van der Waals surface area (Å²) in [6.45, 7) is 2.57. The molecular formula is C18H21NO6. The van der Waals surface area contributed by atoms with Gasteiger partial charge in [-0.25, -0.2) is 0 Å². The van der Waals surface area contributed by atoms with E-state index in [-0.39, 0.29) is 24.8 Å². The highest BCUT2D eigenvalue weighted by Gasteiger charge is 2.54. The number of carbonyl (C=O) groups excluding carboxylic acids is 1. The van der Waals surface area contributed by atoms with Gasteiger partial charge in [0.05, 0.1) is 18.4 Å². The average molecular weight is 347 g/mol. The molecule has 2 saturated heterocycles. The first-order valence-corrected chi connectivity index (χ1v) is 8.56. The van der Waals surface area contributed by atoms with Crippen LogP contribution >= 0.6 is 0 Å². The molecule has 0 radical (unpaired) electrons. The zero-order valence-corrected chi connectivity index (χ0v) is 13.9. The van der Waals surface area contributed by atoms with Crippen molar-refractivity contribution in [1.29, 1.82) is 0 Å². The van der Waals surface area contributed by atoms with Crippen LogP contribution in [0.2, 0.25) is 0 Å². The fourth-order valence-corrected chi connectivity index (χ4v) is 3.97. The van der Waals surface area contributed by atoms with Gasteiger partial charge in [-0.05, 0) is 24.1 Å². The summed E-state index contributed by atoms with van der Waals surface area (Å²) in [5.74, 6) is 0.323. The van der Waals surface area contributed by atoms with E-state index in [1.54, 1.807) is 4.90 Å². The third-order valence-corrected chi connectivity index (χ3v) is 5.45. The van der Waals surface area contributed by atoms with Gasteiger partial charge in [-0.15, -0.1) is 0 Å². The first kappa shape index (κ1) is 16.2. The van der Waals surface area contributed by atoms with Crippen LogP contribution in [0.25, 0.3) is 0 Å². The van der Waals surface area contributed by atoms with E-state index in [0.717, 1.165) is 5.56 Å². The molecule has 2 fully saturated rings. The largest absolute Gasteiger partial charge is 0.486 e. The molecule has 4 rings (SSSR count). The zero-order chi connectivity index (χ0) is 17.4. The third kappa shape index (κ3) is 2.82. The molecule has 3 heterocycles. The minimum atomic E-state index is -0.860. The number of benzene rings is 1. The van der Waals surface area contributed by atoms with E-state index in [2.05, 4.69) is 0 Å². The Kier molecular flexibility index (Phi) is 4.03. The van der Waals surface area contributed by atoms with Gasteiger partial charge in [0.15, 0.2) is 11.5 Å². The molecule has 0 aromatic heterocycles. The summed E-state index contributed by atoms with van der Waals surface area (Å²) in [7, 11) is 0. The molecule has 0 unspecified atom stereocenters. The number of carboxylic acid groups (broad SMARTS) is 1. The Morgan fingerprint density at radius 3 is 2.76 bits per heavy atom. The van der Waals surface area contributed by atoms with E-state index in [1.807, 2.05) is 18.2 Å². The van der Waals surface area contributed by atoms with Crippen molar-refractivity contribution in [1.82, 2.24) is 4.90 Å². The molecule has 0 spiro atoms. The Hall–Kier alpha value is -2.28. The Labute approximate surface area is 145 Å². The number of aliphatic carboxylic acids is 1. The van der Waals surface area contributed by atoms with Crippen LogP contribution in [0.4, 0.5) is 0 Å². The molecule has 7 heteroatoms. The van der Waals surface area contributed by atoms with Gasteiger partial charge >= 0.3 is 5.97 Å². The number of ether oxygens (including phenoxy) is 3. The molecule has 0 bridgehead atoms. The summed E-state index contributed by atoms with van der Waals surface area (Å²) < 4.78 is 16.5. The summed E-state index contributed by atoms with van der Waals surface area (Å²) in [6.07, 6.45) is 0.681. The maximum atomic E-state index is 12.7. The summed E-state index contributed by atoms with van der Waals surface area (Å²) in [5, 5.41) is 9.70. The molecule has 25 heavy (non-hydrogen) atoms. The maximum absolute atomic E-state index is 12.7. The van der Waals surface area contributed by atoms with Crippen molar-refractivity contribution in [3.63, 3.8) is 0 Å². The monoisotopic (exact) mass is 347 g/mol. The molecule has 2 atom stereocenters. The Morgan fingerprint density at radius 2 is 2.00 bits per heavy atom. The van der Waals surface area contributed by atoms with Crippen molar-refractivity contribution >= 4 is 11.9 Å². The van der Waals surface area contributed by atoms with Crippen LogP contribution in [0.5, 0.6) is 11.5 Å². The van der Waals surface area contributed by atoms with Crippen LogP contribution in [-0.4, -0.2) is 61.4 Å². The number of rotatable bonds is 3. The molecule has 1 N–H and O–H groups in total. The SMILES string of the molecule is O=C(Cc1ccc2c(c1)OCCO2)N1C[C@H]2COCC[C@@]2(C(=O)O)C1. The summed E-state index contributed by atoms with van der Waals surface area (Å²) in [6, 6.07) is 5.49. The average Bonchev–Trinajstić information content (AvgIpc) is 3.03. The third-order valence-electron chi connectivity index (χ3n) is 5.45. The molecule has 1 aromatic rings. The van der Waals surface area contributed by atoms with E-state index >= 15 is 0 Å². The molecule has 7 nitrogen and oxygen atoms in total. The van der Waals surface area contributed by atoms with Crippen LogP contribution in [0.15, 0.2) is 18.2 Å². The van der Waals surface area contributed by atoms with Crippen molar-refractivity contribution in [3.8, 4) is 11.5 Å². The van der Waals surface area contributed by atoms with Gasteiger partial charge < -0.3 is 24.2 Å². The highest BCUT2D eigenvalue weighted by atomic mass is 16.6. The van der Waals surface area contributed by atoms with Crippen LogP contribution in [0.3, 0.4) is 0 Å². The van der Waals surface area contributed by atoms with Crippen LogP contribution in [0.1, 0.15) is 12.0 Å². The van der Waals surface area contributed by atoms with Gasteiger partial charge in [-0.2, -0.15) is 0 Å². The lowest BCUT2D eigenvalue weighted by atomic mass is 9.74. The smallest absolute Gasteiger partial charge is 0.311 e. The summed E-state index contributed by atoms with van der Waals surface area (Å²) in [4.78, 5) is 26.2. The fraction of sp³-hybridized carbons (Fsp3) is 0.556. The number of hydrogen-bond acceptors (Lipinski definition) is 5. The molecular weight excluding hydrogens is 326 g/mol. The predicted octanol–water partition coefficient (Wildman–Crippen LogP) is 0.950. The fourth-order valence-electron chi connectivity index (χ4n) is 3.97. The lowest BCUT2D eigenvalue weighted by molar-refractivity contribution is -0.157. The molecule has 0 saturated carbocycles. The number of likely N-dealkylation sites (tertiary alicyclic amines) is 1. The topological polar surface area (TPSA) is 85.3 Å². The van der Waals surface area contributed by atoms with Gasteiger partial charge in [0.25, 0.3) is 0 Å². The van der Waals surface area contributed by atoms with Crippen molar-refractivity contribution in [2.75, 3.05) is 39.5 Å². The first-order chi connectivity index (χ1) is 12.1.